The molecule has 0 spiro atoms. The van der Waals surface area contributed by atoms with Crippen LogP contribution in [0.2, 0.25) is 0 Å². The van der Waals surface area contributed by atoms with Crippen LogP contribution in [0.4, 0.5) is 4.79 Å². The van der Waals surface area contributed by atoms with Gasteiger partial charge in [-0.05, 0) is 19.1 Å². The van der Waals surface area contributed by atoms with Crippen LogP contribution >= 0.6 is 0 Å². The van der Waals surface area contributed by atoms with Gasteiger partial charge in [-0.1, -0.05) is 30.3 Å². The van der Waals surface area contributed by atoms with Gasteiger partial charge in [0.05, 0.1) is 26.8 Å². The monoisotopic (exact) mass is 354 g/mol. The van der Waals surface area contributed by atoms with E-state index >= 15 is 0 Å². The zero-order valence-electron chi connectivity index (χ0n) is 15.1. The summed E-state index contributed by atoms with van der Waals surface area (Å²) < 4.78 is 17.2. The van der Waals surface area contributed by atoms with Crippen molar-refractivity contribution >= 4 is 6.03 Å². The number of nitrogens with zero attached hydrogens (tertiary/aromatic N) is 1. The van der Waals surface area contributed by atoms with Crippen molar-refractivity contribution < 1.29 is 19.0 Å². The van der Waals surface area contributed by atoms with Crippen LogP contribution < -0.4 is 19.5 Å². The summed E-state index contributed by atoms with van der Waals surface area (Å²) in [5.74, 6) is 2.12. The molecule has 26 heavy (non-hydrogen) atoms. The lowest BCUT2D eigenvalue weighted by Crippen LogP contribution is -2.64. The fourth-order valence-corrected chi connectivity index (χ4v) is 3.81. The Morgan fingerprint density at radius 1 is 1.15 bits per heavy atom. The number of methoxy groups -OCH3 is 2. The maximum absolute atomic E-state index is 12.8. The fourth-order valence-electron chi connectivity index (χ4n) is 3.81. The van der Waals surface area contributed by atoms with Crippen molar-refractivity contribution in [3.8, 4) is 17.2 Å². The summed E-state index contributed by atoms with van der Waals surface area (Å²) >= 11 is 0. The highest BCUT2D eigenvalue weighted by atomic mass is 16.5. The van der Waals surface area contributed by atoms with Gasteiger partial charge in [-0.2, -0.15) is 0 Å². The Labute approximate surface area is 152 Å². The molecule has 136 valence electrons. The minimum absolute atomic E-state index is 0.0970. The third-order valence-electron chi connectivity index (χ3n) is 5.14. The molecule has 2 aromatic rings. The van der Waals surface area contributed by atoms with E-state index in [0.29, 0.717) is 24.5 Å². The lowest BCUT2D eigenvalue weighted by atomic mass is 9.90. The van der Waals surface area contributed by atoms with Crippen molar-refractivity contribution in [2.24, 2.45) is 0 Å². The number of benzene rings is 2. The highest BCUT2D eigenvalue weighted by Crippen LogP contribution is 2.48. The molecular formula is C20H22N2O4. The number of amides is 2. The van der Waals surface area contributed by atoms with E-state index in [1.54, 1.807) is 19.1 Å². The number of ether oxygens (including phenoxy) is 3. The van der Waals surface area contributed by atoms with Gasteiger partial charge in [0, 0.05) is 17.5 Å². The molecule has 0 radical (unpaired) electrons. The lowest BCUT2D eigenvalue weighted by molar-refractivity contribution is -0.0892. The summed E-state index contributed by atoms with van der Waals surface area (Å²) in [6.45, 7) is 2.34. The van der Waals surface area contributed by atoms with Crippen molar-refractivity contribution in [3.05, 3.63) is 53.6 Å². The zero-order valence-corrected chi connectivity index (χ0v) is 15.1. The molecule has 6 heteroatoms. The van der Waals surface area contributed by atoms with Gasteiger partial charge in [-0.3, -0.25) is 4.90 Å². The minimum atomic E-state index is -0.768. The second-order valence-corrected chi connectivity index (χ2v) is 6.76. The average Bonchev–Trinajstić information content (AvgIpc) is 2.64. The summed E-state index contributed by atoms with van der Waals surface area (Å²) in [6, 6.07) is 13.2. The van der Waals surface area contributed by atoms with Gasteiger partial charge in [0.2, 0.25) is 0 Å². The number of hydrogen-bond donors (Lipinski definition) is 1. The Morgan fingerprint density at radius 2 is 1.88 bits per heavy atom. The van der Waals surface area contributed by atoms with Crippen molar-refractivity contribution in [1.82, 2.24) is 10.2 Å². The van der Waals surface area contributed by atoms with Crippen LogP contribution in [0.5, 0.6) is 17.2 Å². The van der Waals surface area contributed by atoms with Gasteiger partial charge < -0.3 is 19.5 Å². The van der Waals surface area contributed by atoms with Gasteiger partial charge >= 0.3 is 6.03 Å². The number of rotatable bonds is 4. The van der Waals surface area contributed by atoms with Crippen LogP contribution in [-0.2, 0) is 6.54 Å². The molecule has 1 saturated heterocycles. The normalized spacial score (nSPS) is 23.6. The predicted octanol–water partition coefficient (Wildman–Crippen LogP) is 3.47. The second-order valence-electron chi connectivity index (χ2n) is 6.76. The first-order chi connectivity index (χ1) is 12.6. The molecule has 0 aromatic heterocycles. The molecule has 1 fully saturated rings. The number of carbonyl (C=O) groups is 1. The summed E-state index contributed by atoms with van der Waals surface area (Å²) in [5.41, 5.74) is 1.11. The Morgan fingerprint density at radius 3 is 2.65 bits per heavy atom. The molecule has 2 amide bonds. The van der Waals surface area contributed by atoms with Gasteiger partial charge in [0.1, 0.15) is 5.75 Å². The third kappa shape index (κ3) is 2.53. The molecule has 2 heterocycles. The van der Waals surface area contributed by atoms with Crippen LogP contribution in [0.1, 0.15) is 30.5 Å². The molecule has 4 rings (SSSR count). The van der Waals surface area contributed by atoms with Crippen molar-refractivity contribution in [3.63, 3.8) is 0 Å². The van der Waals surface area contributed by atoms with Crippen LogP contribution in [0.15, 0.2) is 42.5 Å². The largest absolute Gasteiger partial charge is 0.496 e. The Hall–Kier alpha value is -2.89. The highest BCUT2D eigenvalue weighted by Gasteiger charge is 2.49. The number of carbonyl (C=O) groups excluding carboxylic acids is 1. The summed E-state index contributed by atoms with van der Waals surface area (Å²) in [7, 11) is 3.25. The quantitative estimate of drug-likeness (QED) is 0.913. The van der Waals surface area contributed by atoms with E-state index < -0.39 is 5.72 Å². The van der Waals surface area contributed by atoms with Gasteiger partial charge in [0.25, 0.3) is 0 Å². The first-order valence-corrected chi connectivity index (χ1v) is 8.61. The molecular weight excluding hydrogens is 332 g/mol. The standard InChI is InChI=1S/C20H22N2O4/c1-20-11-15(14-8-6-10-17(25-3)18(14)26-20)21-19(23)22(20)12-13-7-4-5-9-16(13)24-2/h4-10,15H,11-12H2,1-3H3,(H,21,23). The molecule has 6 nitrogen and oxygen atoms in total. The lowest BCUT2D eigenvalue weighted by Gasteiger charge is -2.51. The molecule has 0 aliphatic carbocycles. The highest BCUT2D eigenvalue weighted by molar-refractivity contribution is 5.77. The summed E-state index contributed by atoms with van der Waals surface area (Å²) in [6.07, 6.45) is 0.661. The third-order valence-corrected chi connectivity index (χ3v) is 5.14. The van der Waals surface area contributed by atoms with Crippen molar-refractivity contribution in [2.45, 2.75) is 31.7 Å². The number of fused-ring (bicyclic) bond motifs is 4. The first-order valence-electron chi connectivity index (χ1n) is 8.61. The van der Waals surface area contributed by atoms with Crippen molar-refractivity contribution in [1.29, 1.82) is 0 Å². The van der Waals surface area contributed by atoms with Gasteiger partial charge in [-0.15, -0.1) is 0 Å². The number of hydrogen-bond acceptors (Lipinski definition) is 4. The van der Waals surface area contributed by atoms with E-state index in [2.05, 4.69) is 5.32 Å². The smallest absolute Gasteiger partial charge is 0.321 e. The van der Waals surface area contributed by atoms with Crippen LogP contribution in [0, 0.1) is 0 Å². The molecule has 0 saturated carbocycles. The Bertz CT molecular complexity index is 853. The second kappa shape index (κ2) is 6.12. The number of urea groups is 1. The fraction of sp³-hybridized carbons (Fsp3) is 0.350. The average molecular weight is 354 g/mol. The van der Waals surface area contributed by atoms with E-state index in [1.807, 2.05) is 49.4 Å². The maximum atomic E-state index is 12.8. The predicted molar refractivity (Wildman–Crippen MR) is 96.5 cm³/mol. The van der Waals surface area contributed by atoms with E-state index in [4.69, 9.17) is 14.2 Å². The topological polar surface area (TPSA) is 60.0 Å². The van der Waals surface area contributed by atoms with Gasteiger partial charge in [0.15, 0.2) is 17.2 Å². The molecule has 2 unspecified atom stereocenters. The number of para-hydroxylation sites is 2. The maximum Gasteiger partial charge on any atom is 0.321 e. The molecule has 2 aromatic carbocycles. The Kier molecular flexibility index (Phi) is 3.90. The van der Waals surface area contributed by atoms with Crippen LogP contribution in [0.3, 0.4) is 0 Å². The van der Waals surface area contributed by atoms with Gasteiger partial charge in [-0.25, -0.2) is 4.79 Å². The number of nitrogens with one attached hydrogen (secondary N) is 1. The Balaban J connectivity index is 1.72. The van der Waals surface area contributed by atoms with E-state index in [-0.39, 0.29) is 12.1 Å². The van der Waals surface area contributed by atoms with E-state index in [1.165, 1.54) is 0 Å². The molecule has 2 aliphatic rings. The van der Waals surface area contributed by atoms with Crippen molar-refractivity contribution in [2.75, 3.05) is 14.2 Å². The molecule has 2 aliphatic heterocycles. The van der Waals surface area contributed by atoms with E-state index in [9.17, 15) is 4.79 Å². The SMILES string of the molecule is COc1ccccc1CN1C(=O)NC2CC1(C)Oc1c(OC)cccc12. The van der Waals surface area contributed by atoms with Crippen LogP contribution in [0.25, 0.3) is 0 Å². The molecule has 2 atom stereocenters. The minimum Gasteiger partial charge on any atom is -0.496 e. The first kappa shape index (κ1) is 16.6. The van der Waals surface area contributed by atoms with Crippen LogP contribution in [-0.4, -0.2) is 30.9 Å². The molecule has 1 N–H and O–H groups in total. The van der Waals surface area contributed by atoms with E-state index in [0.717, 1.165) is 16.9 Å². The zero-order chi connectivity index (χ0) is 18.3. The summed E-state index contributed by atoms with van der Waals surface area (Å²) in [4.78, 5) is 14.6. The molecule has 2 bridgehead atoms. The summed E-state index contributed by atoms with van der Waals surface area (Å²) in [5, 5.41) is 3.10.